The molecule has 0 unspecified atom stereocenters. The number of aldehydes is 1. The number of fused-ring (bicyclic) bond motifs is 1. The van der Waals surface area contributed by atoms with Crippen LogP contribution in [-0.4, -0.2) is 63.8 Å². The summed E-state index contributed by atoms with van der Waals surface area (Å²) in [5, 5.41) is 8.40. The first-order valence-electron chi connectivity index (χ1n) is 13.1. The highest BCUT2D eigenvalue weighted by Crippen LogP contribution is 2.38. The number of halogens is 1. The van der Waals surface area contributed by atoms with Crippen LogP contribution in [0, 0.1) is 11.8 Å². The summed E-state index contributed by atoms with van der Waals surface area (Å²) >= 11 is 0. The number of nitrogens with zero attached hydrogens (tertiary/aromatic N) is 4. The summed E-state index contributed by atoms with van der Waals surface area (Å²) in [5.41, 5.74) is 6.05. The second-order valence-electron chi connectivity index (χ2n) is 10.1. The monoisotopic (exact) mass is 538 g/mol. The summed E-state index contributed by atoms with van der Waals surface area (Å²) in [7, 11) is 1.53. The van der Waals surface area contributed by atoms with Gasteiger partial charge >= 0.3 is 0 Å². The fourth-order valence-electron chi connectivity index (χ4n) is 5.57. The zero-order valence-electron chi connectivity index (χ0n) is 21.8. The topological polar surface area (TPSA) is 151 Å². The van der Waals surface area contributed by atoms with E-state index >= 15 is 0 Å². The molecule has 0 radical (unpaired) electrons. The van der Waals surface area contributed by atoms with Crippen LogP contribution >= 0.6 is 0 Å². The zero-order chi connectivity index (χ0) is 27.7. The van der Waals surface area contributed by atoms with E-state index in [4.69, 9.17) is 15.2 Å². The lowest BCUT2D eigenvalue weighted by Gasteiger charge is -2.25. The van der Waals surface area contributed by atoms with Crippen molar-refractivity contribution in [1.82, 2.24) is 25.1 Å². The number of amides is 2. The Bertz CT molecular complexity index is 1400. The van der Waals surface area contributed by atoms with Gasteiger partial charge in [-0.1, -0.05) is 6.92 Å². The molecule has 1 aliphatic heterocycles. The number of primary amides is 1. The van der Waals surface area contributed by atoms with Crippen molar-refractivity contribution in [3.05, 3.63) is 30.2 Å². The Morgan fingerprint density at radius 3 is 2.69 bits per heavy atom. The third-order valence-electron chi connectivity index (χ3n) is 7.79. The van der Waals surface area contributed by atoms with Crippen molar-refractivity contribution in [2.24, 2.45) is 17.6 Å². The predicted octanol–water partition coefficient (Wildman–Crippen LogP) is 2.77. The molecule has 2 amide bonds. The van der Waals surface area contributed by atoms with Crippen LogP contribution in [-0.2, 0) is 9.59 Å². The Morgan fingerprint density at radius 1 is 1.26 bits per heavy atom. The Labute approximate surface area is 224 Å². The highest BCUT2D eigenvalue weighted by Gasteiger charge is 2.42. The molecule has 12 heteroatoms. The van der Waals surface area contributed by atoms with E-state index in [1.807, 2.05) is 6.92 Å². The van der Waals surface area contributed by atoms with Gasteiger partial charge < -0.3 is 25.3 Å². The molecule has 0 spiro atoms. The molecule has 3 atom stereocenters. The second-order valence-corrected chi connectivity index (χ2v) is 10.1. The number of aromatic nitrogens is 4. The number of nitrogens with one attached hydrogen (secondary N) is 1. The maximum absolute atomic E-state index is 14.3. The van der Waals surface area contributed by atoms with Crippen LogP contribution in [0.1, 0.15) is 55.6 Å². The van der Waals surface area contributed by atoms with Crippen molar-refractivity contribution in [2.75, 3.05) is 13.7 Å². The maximum Gasteiger partial charge on any atom is 0.268 e. The Balaban J connectivity index is 1.53. The number of rotatable bonds is 9. The van der Waals surface area contributed by atoms with E-state index in [2.05, 4.69) is 20.4 Å². The van der Waals surface area contributed by atoms with Crippen LogP contribution in [0.4, 0.5) is 4.39 Å². The van der Waals surface area contributed by atoms with Crippen LogP contribution in [0.3, 0.4) is 0 Å². The largest absolute Gasteiger partial charge is 0.497 e. The van der Waals surface area contributed by atoms with Crippen LogP contribution in [0.2, 0.25) is 0 Å². The molecule has 1 aromatic carbocycles. The molecule has 3 aromatic rings. The van der Waals surface area contributed by atoms with E-state index in [0.717, 1.165) is 32.0 Å². The summed E-state index contributed by atoms with van der Waals surface area (Å²) in [6.07, 6.45) is 4.65. The van der Waals surface area contributed by atoms with Gasteiger partial charge in [-0.3, -0.25) is 9.59 Å². The Hall–Kier alpha value is -4.09. The smallest absolute Gasteiger partial charge is 0.268 e. The molecule has 1 aliphatic carbocycles. The minimum Gasteiger partial charge on any atom is -0.497 e. The molecule has 3 heterocycles. The summed E-state index contributed by atoms with van der Waals surface area (Å²) < 4.78 is 27.5. The number of hydrogen-bond acceptors (Lipinski definition) is 8. The van der Waals surface area contributed by atoms with Crippen molar-refractivity contribution in [3.8, 4) is 23.0 Å². The molecule has 2 aromatic heterocycles. The lowest BCUT2D eigenvalue weighted by atomic mass is 9.87. The van der Waals surface area contributed by atoms with Crippen molar-refractivity contribution in [3.63, 3.8) is 0 Å². The number of alkyl halides is 1. The molecule has 206 valence electrons. The second kappa shape index (κ2) is 11.0. The Kier molecular flexibility index (Phi) is 7.45. The maximum atomic E-state index is 14.3. The number of carbonyl (C=O) groups is 3. The van der Waals surface area contributed by atoms with E-state index in [9.17, 15) is 18.8 Å². The first-order chi connectivity index (χ1) is 18.8. The van der Waals surface area contributed by atoms with Gasteiger partial charge in [-0.15, -0.1) is 0 Å². The number of pyridine rings is 1. The van der Waals surface area contributed by atoms with Gasteiger partial charge in [0.1, 0.15) is 30.7 Å². The average molecular weight is 539 g/mol. The minimum absolute atomic E-state index is 0.0438. The van der Waals surface area contributed by atoms with Crippen LogP contribution < -0.4 is 20.5 Å². The van der Waals surface area contributed by atoms with Gasteiger partial charge in [0, 0.05) is 22.6 Å². The highest BCUT2D eigenvalue weighted by atomic mass is 19.1. The molecular formula is C27H31FN6O5. The molecule has 0 bridgehead atoms. The first kappa shape index (κ1) is 26.5. The minimum atomic E-state index is -1.60. The molecule has 2 fully saturated rings. The lowest BCUT2D eigenvalue weighted by Crippen LogP contribution is -2.35. The summed E-state index contributed by atoms with van der Waals surface area (Å²) in [4.78, 5) is 44.6. The average Bonchev–Trinajstić information content (AvgIpc) is 3.55. The number of ether oxygens (including phenoxy) is 2. The lowest BCUT2D eigenvalue weighted by molar-refractivity contribution is -0.124. The summed E-state index contributed by atoms with van der Waals surface area (Å²) in [6.45, 7) is 1.76. The molecule has 2 aliphatic rings. The van der Waals surface area contributed by atoms with Gasteiger partial charge in [0.25, 0.3) is 11.8 Å². The number of carbonyl (C=O) groups excluding carboxylic acids is 3. The molecule has 11 nitrogen and oxygen atoms in total. The molecule has 39 heavy (non-hydrogen) atoms. The van der Waals surface area contributed by atoms with Crippen LogP contribution in [0.15, 0.2) is 24.5 Å². The molecular weight excluding hydrogens is 507 g/mol. The fourth-order valence-corrected chi connectivity index (χ4v) is 5.57. The predicted molar refractivity (Wildman–Crippen MR) is 139 cm³/mol. The quantitative estimate of drug-likeness (QED) is 0.395. The summed E-state index contributed by atoms with van der Waals surface area (Å²) in [6, 6.07) is 4.74. The number of methoxy groups -OCH3 is 1. The van der Waals surface area contributed by atoms with Gasteiger partial charge in [-0.25, -0.2) is 19.0 Å². The normalized spacial score (nSPS) is 24.9. The van der Waals surface area contributed by atoms with E-state index in [-0.39, 0.29) is 36.0 Å². The highest BCUT2D eigenvalue weighted by molar-refractivity contribution is 6.08. The van der Waals surface area contributed by atoms with E-state index in [1.165, 1.54) is 7.11 Å². The third kappa shape index (κ3) is 5.02. The fraction of sp³-hybridized carbons (Fsp3) is 0.481. The molecule has 1 saturated heterocycles. The molecule has 1 saturated carbocycles. The third-order valence-corrected chi connectivity index (χ3v) is 7.79. The van der Waals surface area contributed by atoms with Crippen molar-refractivity contribution in [2.45, 2.75) is 57.3 Å². The van der Waals surface area contributed by atoms with E-state index in [0.29, 0.717) is 28.5 Å². The van der Waals surface area contributed by atoms with E-state index in [1.54, 1.807) is 29.2 Å². The van der Waals surface area contributed by atoms with Crippen molar-refractivity contribution in [1.29, 1.82) is 0 Å². The molecule has 5 rings (SSSR count). The SMILES string of the molecule is CC[C@@H]1[C@H](F)C(=O)N[C@@H]1COc1nc(C(N)=O)c(-c2ncn(C3CCC(C=O)CC3)n2)c2ccc(OC)cc12. The molecule has 3 N–H and O–H groups in total. The van der Waals surface area contributed by atoms with Gasteiger partial charge in [0.05, 0.1) is 24.8 Å². The van der Waals surface area contributed by atoms with Gasteiger partial charge in [-0.05, 0) is 50.3 Å². The zero-order valence-corrected chi connectivity index (χ0v) is 21.8. The Morgan fingerprint density at radius 2 is 2.03 bits per heavy atom. The number of benzene rings is 1. The van der Waals surface area contributed by atoms with Gasteiger partial charge in [0.15, 0.2) is 12.0 Å². The van der Waals surface area contributed by atoms with Crippen molar-refractivity contribution < 1.29 is 28.2 Å². The summed E-state index contributed by atoms with van der Waals surface area (Å²) in [5.74, 6) is -1.01. The number of hydrogen-bond donors (Lipinski definition) is 2. The van der Waals surface area contributed by atoms with E-state index < -0.39 is 29.9 Å². The van der Waals surface area contributed by atoms with Crippen LogP contribution in [0.5, 0.6) is 11.6 Å². The van der Waals surface area contributed by atoms with Crippen molar-refractivity contribution >= 4 is 28.9 Å². The standard InChI is InChI=1S/C27H31FN6O5/c1-3-17-20(31-26(37)22(17)28)12-39-27-19-10-16(38-2)8-9-18(19)21(23(32-27)24(29)36)25-30-13-34(33-25)15-6-4-14(11-35)5-7-15/h8-11,13-15,17,20,22H,3-7,12H2,1-2H3,(H2,29,36)(H,31,37)/t14?,15?,17-,20+,22-/m0/s1. The first-order valence-corrected chi connectivity index (χ1v) is 13.1. The van der Waals surface area contributed by atoms with Gasteiger partial charge in [0.2, 0.25) is 5.88 Å². The number of nitrogens with two attached hydrogens (primary N) is 1. The van der Waals surface area contributed by atoms with Gasteiger partial charge in [-0.2, -0.15) is 5.10 Å². The van der Waals surface area contributed by atoms with Crippen LogP contribution in [0.25, 0.3) is 22.2 Å².